The number of hydrogen-bond donors (Lipinski definition) is 0. The van der Waals surface area contributed by atoms with Gasteiger partial charge in [-0.2, -0.15) is 0 Å². The summed E-state index contributed by atoms with van der Waals surface area (Å²) in [5.41, 5.74) is 0. The van der Waals surface area contributed by atoms with Crippen LogP contribution in [0.1, 0.15) is 6.42 Å². The molecule has 0 radical (unpaired) electrons. The van der Waals surface area contributed by atoms with Crippen molar-refractivity contribution in [2.24, 2.45) is 0 Å². The molecule has 1 atom stereocenters. The van der Waals surface area contributed by atoms with E-state index >= 15 is 0 Å². The lowest BCUT2D eigenvalue weighted by molar-refractivity contribution is 0.0532. The van der Waals surface area contributed by atoms with Gasteiger partial charge in [-0.3, -0.25) is 4.90 Å². The number of likely N-dealkylation sites (N-methyl/N-ethyl adjacent to an activating group) is 1. The van der Waals surface area contributed by atoms with Crippen LogP contribution in [-0.2, 0) is 4.74 Å². The van der Waals surface area contributed by atoms with Crippen LogP contribution in [0.4, 0.5) is 0 Å². The maximum Gasteiger partial charge on any atom is 0.0794 e. The fraction of sp³-hybridized carbons (Fsp3) is 0.692. The van der Waals surface area contributed by atoms with Gasteiger partial charge in [-0.15, -0.1) is 0 Å². The third-order valence-corrected chi connectivity index (χ3v) is 3.28. The summed E-state index contributed by atoms with van der Waals surface area (Å²) in [6.45, 7) is 6.66. The summed E-state index contributed by atoms with van der Waals surface area (Å²) in [7, 11) is 2.19. The number of allylic oxidation sites excluding steroid dienone is 2. The molecule has 1 aliphatic heterocycles. The molecular weight excluding hydrogens is 200 g/mol. The normalized spacial score (nSPS) is 27.4. The molecule has 0 bridgehead atoms. The Morgan fingerprint density at radius 1 is 1.19 bits per heavy atom. The van der Waals surface area contributed by atoms with E-state index in [1.54, 1.807) is 0 Å². The van der Waals surface area contributed by atoms with Crippen LogP contribution in [-0.4, -0.2) is 62.3 Å². The van der Waals surface area contributed by atoms with Crippen molar-refractivity contribution in [1.82, 2.24) is 9.80 Å². The van der Waals surface area contributed by atoms with Gasteiger partial charge in [0.2, 0.25) is 0 Å². The van der Waals surface area contributed by atoms with Crippen LogP contribution in [0.25, 0.3) is 0 Å². The van der Waals surface area contributed by atoms with Crippen molar-refractivity contribution < 1.29 is 4.74 Å². The van der Waals surface area contributed by atoms with Gasteiger partial charge in [-0.05, 0) is 13.5 Å². The van der Waals surface area contributed by atoms with Crippen LogP contribution in [0.3, 0.4) is 0 Å². The predicted molar refractivity (Wildman–Crippen MR) is 66.6 cm³/mol. The van der Waals surface area contributed by atoms with Crippen molar-refractivity contribution in [3.8, 4) is 0 Å². The molecule has 0 aromatic carbocycles. The number of hydrogen-bond acceptors (Lipinski definition) is 3. The first-order chi connectivity index (χ1) is 7.84. The quantitative estimate of drug-likeness (QED) is 0.709. The van der Waals surface area contributed by atoms with Gasteiger partial charge in [0.25, 0.3) is 0 Å². The van der Waals surface area contributed by atoms with E-state index in [0.29, 0.717) is 6.10 Å². The molecule has 0 N–H and O–H groups in total. The molecule has 16 heavy (non-hydrogen) atoms. The molecule has 0 amide bonds. The highest BCUT2D eigenvalue weighted by Gasteiger charge is 2.13. The molecule has 3 nitrogen and oxygen atoms in total. The smallest absolute Gasteiger partial charge is 0.0794 e. The average Bonchev–Trinajstić information content (AvgIpc) is 2.33. The summed E-state index contributed by atoms with van der Waals surface area (Å²) in [4.78, 5) is 4.87. The van der Waals surface area contributed by atoms with Crippen LogP contribution in [0.15, 0.2) is 24.3 Å². The molecule has 1 aliphatic carbocycles. The first kappa shape index (κ1) is 11.8. The van der Waals surface area contributed by atoms with Crippen molar-refractivity contribution in [1.29, 1.82) is 0 Å². The average molecular weight is 222 g/mol. The summed E-state index contributed by atoms with van der Waals surface area (Å²) >= 11 is 0. The van der Waals surface area contributed by atoms with Crippen molar-refractivity contribution >= 4 is 0 Å². The van der Waals surface area contributed by atoms with Crippen LogP contribution in [0.2, 0.25) is 0 Å². The summed E-state index contributed by atoms with van der Waals surface area (Å²) in [5.74, 6) is 0. The highest BCUT2D eigenvalue weighted by atomic mass is 16.5. The number of ether oxygens (including phenoxy) is 1. The largest absolute Gasteiger partial charge is 0.372 e. The maximum absolute atomic E-state index is 5.82. The minimum atomic E-state index is 0.303. The van der Waals surface area contributed by atoms with Gasteiger partial charge in [0.1, 0.15) is 0 Å². The molecule has 2 rings (SSSR count). The summed E-state index contributed by atoms with van der Waals surface area (Å²) in [5, 5.41) is 0. The minimum absolute atomic E-state index is 0.303. The molecular formula is C13H22N2O. The molecule has 2 aliphatic rings. The molecule has 1 fully saturated rings. The van der Waals surface area contributed by atoms with Crippen LogP contribution in [0.5, 0.6) is 0 Å². The van der Waals surface area contributed by atoms with E-state index in [1.165, 1.54) is 26.2 Å². The van der Waals surface area contributed by atoms with Crippen LogP contribution in [0, 0.1) is 0 Å². The van der Waals surface area contributed by atoms with Gasteiger partial charge in [0, 0.05) is 32.7 Å². The lowest BCUT2D eigenvalue weighted by atomic mass is 10.1. The van der Waals surface area contributed by atoms with E-state index in [4.69, 9.17) is 4.74 Å². The fourth-order valence-corrected chi connectivity index (χ4v) is 2.09. The zero-order valence-corrected chi connectivity index (χ0v) is 10.1. The SMILES string of the molecule is CN1CCN(CCOC2C=CC=CC2)CC1. The first-order valence-corrected chi connectivity index (χ1v) is 6.20. The van der Waals surface area contributed by atoms with E-state index in [9.17, 15) is 0 Å². The van der Waals surface area contributed by atoms with Gasteiger partial charge in [0.05, 0.1) is 12.7 Å². The second kappa shape index (κ2) is 6.18. The standard InChI is InChI=1S/C13H22N2O/c1-14-7-9-15(10-8-14)11-12-16-13-5-3-2-4-6-13/h2-5,13H,6-12H2,1H3. The Labute approximate surface area is 98.4 Å². The van der Waals surface area contributed by atoms with E-state index in [-0.39, 0.29) is 0 Å². The molecule has 0 spiro atoms. The third-order valence-electron chi connectivity index (χ3n) is 3.28. The monoisotopic (exact) mass is 222 g/mol. The van der Waals surface area contributed by atoms with Gasteiger partial charge in [-0.25, -0.2) is 0 Å². The maximum atomic E-state index is 5.82. The number of nitrogens with zero attached hydrogens (tertiary/aromatic N) is 2. The molecule has 90 valence electrons. The second-order valence-electron chi connectivity index (χ2n) is 4.60. The van der Waals surface area contributed by atoms with Gasteiger partial charge < -0.3 is 9.64 Å². The van der Waals surface area contributed by atoms with Gasteiger partial charge >= 0.3 is 0 Å². The Balaban J connectivity index is 1.57. The van der Waals surface area contributed by atoms with Crippen molar-refractivity contribution in [3.63, 3.8) is 0 Å². The lowest BCUT2D eigenvalue weighted by Crippen LogP contribution is -2.45. The summed E-state index contributed by atoms with van der Waals surface area (Å²) < 4.78 is 5.82. The Morgan fingerprint density at radius 3 is 2.69 bits per heavy atom. The van der Waals surface area contributed by atoms with E-state index < -0.39 is 0 Å². The Bertz CT molecular complexity index is 255. The molecule has 3 heteroatoms. The summed E-state index contributed by atoms with van der Waals surface area (Å²) in [6, 6.07) is 0. The topological polar surface area (TPSA) is 15.7 Å². The lowest BCUT2D eigenvalue weighted by Gasteiger charge is -2.32. The second-order valence-corrected chi connectivity index (χ2v) is 4.60. The Kier molecular flexibility index (Phi) is 4.57. The molecule has 1 unspecified atom stereocenters. The Hall–Kier alpha value is -0.640. The molecule has 1 heterocycles. The summed E-state index contributed by atoms with van der Waals surface area (Å²) in [6.07, 6.45) is 9.80. The number of rotatable bonds is 4. The molecule has 1 saturated heterocycles. The van der Waals surface area contributed by atoms with E-state index in [0.717, 1.165) is 19.6 Å². The zero-order valence-electron chi connectivity index (χ0n) is 10.1. The third kappa shape index (κ3) is 3.74. The Morgan fingerprint density at radius 2 is 2.00 bits per heavy atom. The molecule has 0 saturated carbocycles. The molecule has 0 aromatic rings. The van der Waals surface area contributed by atoms with Gasteiger partial charge in [-0.1, -0.05) is 24.3 Å². The predicted octanol–water partition coefficient (Wildman–Crippen LogP) is 1.14. The van der Waals surface area contributed by atoms with E-state index in [1.807, 2.05) is 0 Å². The minimum Gasteiger partial charge on any atom is -0.372 e. The fourth-order valence-electron chi connectivity index (χ4n) is 2.09. The van der Waals surface area contributed by atoms with Crippen molar-refractivity contribution in [3.05, 3.63) is 24.3 Å². The number of piperazine rings is 1. The van der Waals surface area contributed by atoms with E-state index in [2.05, 4.69) is 41.2 Å². The highest BCUT2D eigenvalue weighted by molar-refractivity contribution is 5.11. The van der Waals surface area contributed by atoms with Crippen molar-refractivity contribution in [2.75, 3.05) is 46.4 Å². The van der Waals surface area contributed by atoms with Crippen molar-refractivity contribution in [2.45, 2.75) is 12.5 Å². The van der Waals surface area contributed by atoms with Gasteiger partial charge in [0.15, 0.2) is 0 Å². The highest BCUT2D eigenvalue weighted by Crippen LogP contribution is 2.07. The molecule has 0 aromatic heterocycles. The van der Waals surface area contributed by atoms with Crippen LogP contribution >= 0.6 is 0 Å². The van der Waals surface area contributed by atoms with Crippen LogP contribution < -0.4 is 0 Å². The zero-order chi connectivity index (χ0) is 11.2. The first-order valence-electron chi connectivity index (χ1n) is 6.20.